The summed E-state index contributed by atoms with van der Waals surface area (Å²) in [6, 6.07) is 1.90. The highest BCUT2D eigenvalue weighted by Crippen LogP contribution is 2.34. The largest absolute Gasteiger partial charge is 0.356 e. The van der Waals surface area contributed by atoms with Crippen LogP contribution in [0.25, 0.3) is 5.65 Å². The second-order valence-corrected chi connectivity index (χ2v) is 9.89. The number of aliphatic imine (C=N–C) groups is 1. The molecule has 0 N–H and O–H groups in total. The molecule has 0 bridgehead atoms. The second-order valence-electron chi connectivity index (χ2n) is 9.51. The van der Waals surface area contributed by atoms with Crippen molar-refractivity contribution in [2.45, 2.75) is 45.6 Å². The Morgan fingerprint density at radius 2 is 2.06 bits per heavy atom. The average molecular weight is 483 g/mol. The number of aryl methyl sites for hydroxylation is 3. The zero-order valence-corrected chi connectivity index (χ0v) is 20.8. The Labute approximate surface area is 204 Å². The Bertz CT molecular complexity index is 1250. The van der Waals surface area contributed by atoms with Gasteiger partial charge in [0.25, 0.3) is 5.91 Å². The van der Waals surface area contributed by atoms with E-state index in [9.17, 15) is 4.79 Å². The molecule has 5 rings (SSSR count). The maximum atomic E-state index is 13.5. The average Bonchev–Trinajstić information content (AvgIpc) is 3.51. The molecular weight excluding hydrogens is 452 g/mol. The van der Waals surface area contributed by atoms with E-state index in [-0.39, 0.29) is 11.9 Å². The van der Waals surface area contributed by atoms with Gasteiger partial charge in [-0.2, -0.15) is 10.2 Å². The molecule has 0 radical (unpaired) electrons. The topological polar surface area (TPSA) is 83.9 Å². The fraction of sp³-hybridized carbons (Fsp3) is 0.542. The molecule has 3 aromatic rings. The maximum absolute atomic E-state index is 13.5. The predicted molar refractivity (Wildman–Crippen MR) is 133 cm³/mol. The van der Waals surface area contributed by atoms with Crippen LogP contribution in [0.4, 0.5) is 5.82 Å². The summed E-state index contributed by atoms with van der Waals surface area (Å²) in [4.78, 5) is 26.8. The summed E-state index contributed by atoms with van der Waals surface area (Å²) < 4.78 is 3.42. The first-order valence-corrected chi connectivity index (χ1v) is 12.3. The van der Waals surface area contributed by atoms with Gasteiger partial charge in [0.2, 0.25) is 0 Å². The standard InChI is InChI=1S/C24H31ClN8O/c1-15-13-33-20(27-23(15)31-10-8-17(14-31)12-26-3)11-18(29-33)19-7-5-6-9-32(19)24(34)22-21(25)16(2)28-30(22)4/h11,13,17,19H,3,5-10,12,14H2,1-2,4H3. The zero-order chi connectivity index (χ0) is 24.0. The third-order valence-electron chi connectivity index (χ3n) is 7.05. The van der Waals surface area contributed by atoms with Gasteiger partial charge in [-0.15, -0.1) is 0 Å². The van der Waals surface area contributed by atoms with E-state index in [1.54, 1.807) is 11.7 Å². The van der Waals surface area contributed by atoms with E-state index in [2.05, 4.69) is 28.6 Å². The third-order valence-corrected chi connectivity index (χ3v) is 7.51. The van der Waals surface area contributed by atoms with Gasteiger partial charge >= 0.3 is 0 Å². The summed E-state index contributed by atoms with van der Waals surface area (Å²) in [6.45, 7) is 10.9. The van der Waals surface area contributed by atoms with Crippen molar-refractivity contribution in [3.8, 4) is 0 Å². The lowest BCUT2D eigenvalue weighted by Crippen LogP contribution is -2.39. The van der Waals surface area contributed by atoms with Crippen LogP contribution >= 0.6 is 11.6 Å². The van der Waals surface area contributed by atoms with Gasteiger partial charge in [-0.05, 0) is 52.2 Å². The number of anilines is 1. The molecule has 10 heteroatoms. The molecular formula is C24H31ClN8O. The van der Waals surface area contributed by atoms with Crippen molar-refractivity contribution in [3.05, 3.63) is 39.9 Å². The van der Waals surface area contributed by atoms with Gasteiger partial charge in [0.15, 0.2) is 5.65 Å². The number of amides is 1. The van der Waals surface area contributed by atoms with Gasteiger partial charge in [0.05, 0.1) is 22.5 Å². The molecule has 1 amide bonds. The quantitative estimate of drug-likeness (QED) is 0.518. The van der Waals surface area contributed by atoms with Crippen LogP contribution in [0.15, 0.2) is 17.3 Å². The molecule has 0 saturated carbocycles. The SMILES string of the molecule is C=NCC1CCN(c2nc3cc(C4CCCCN4C(=O)c4c(Cl)c(C)nn4C)nn3cc2C)C1. The van der Waals surface area contributed by atoms with Crippen LogP contribution < -0.4 is 4.90 Å². The number of fused-ring (bicyclic) bond motifs is 1. The fourth-order valence-electron chi connectivity index (χ4n) is 5.34. The minimum absolute atomic E-state index is 0.0985. The molecule has 0 spiro atoms. The Morgan fingerprint density at radius 1 is 1.24 bits per heavy atom. The maximum Gasteiger partial charge on any atom is 0.274 e. The number of piperidine rings is 1. The highest BCUT2D eigenvalue weighted by Gasteiger charge is 2.34. The van der Waals surface area contributed by atoms with Gasteiger partial charge < -0.3 is 14.8 Å². The molecule has 0 aromatic carbocycles. The van der Waals surface area contributed by atoms with Crippen molar-refractivity contribution in [2.75, 3.05) is 31.1 Å². The van der Waals surface area contributed by atoms with Crippen molar-refractivity contribution in [1.29, 1.82) is 0 Å². The van der Waals surface area contributed by atoms with Crippen LogP contribution in [-0.2, 0) is 7.05 Å². The molecule has 2 fully saturated rings. The molecule has 34 heavy (non-hydrogen) atoms. The van der Waals surface area contributed by atoms with Crippen LogP contribution in [-0.4, -0.2) is 68.1 Å². The number of carbonyl (C=O) groups excluding carboxylic acids is 1. The van der Waals surface area contributed by atoms with Crippen LogP contribution in [0.1, 0.15) is 59.2 Å². The molecule has 9 nitrogen and oxygen atoms in total. The molecule has 2 unspecified atom stereocenters. The van der Waals surface area contributed by atoms with Gasteiger partial charge in [0.1, 0.15) is 11.5 Å². The molecule has 0 aliphatic carbocycles. The van der Waals surface area contributed by atoms with Crippen molar-refractivity contribution >= 4 is 35.7 Å². The summed E-state index contributed by atoms with van der Waals surface area (Å²) in [6.07, 6.45) is 6.01. The number of nitrogens with zero attached hydrogens (tertiary/aromatic N) is 8. The number of rotatable bonds is 5. The highest BCUT2D eigenvalue weighted by molar-refractivity contribution is 6.34. The monoisotopic (exact) mass is 482 g/mol. The van der Waals surface area contributed by atoms with Crippen LogP contribution in [0.5, 0.6) is 0 Å². The lowest BCUT2D eigenvalue weighted by Gasteiger charge is -2.34. The Morgan fingerprint density at radius 3 is 2.79 bits per heavy atom. The Balaban J connectivity index is 1.45. The first-order chi connectivity index (χ1) is 16.4. The van der Waals surface area contributed by atoms with Gasteiger partial charge in [0, 0.05) is 51.1 Å². The highest BCUT2D eigenvalue weighted by atomic mass is 35.5. The summed E-state index contributed by atoms with van der Waals surface area (Å²) in [5, 5.41) is 9.60. The Hall–Kier alpha value is -2.94. The lowest BCUT2D eigenvalue weighted by molar-refractivity contribution is 0.0594. The molecule has 2 aliphatic heterocycles. The smallest absolute Gasteiger partial charge is 0.274 e. The van der Waals surface area contributed by atoms with E-state index in [0.29, 0.717) is 28.9 Å². The first kappa shape index (κ1) is 22.8. The van der Waals surface area contributed by atoms with Gasteiger partial charge in [-0.3, -0.25) is 9.48 Å². The second kappa shape index (κ2) is 9.02. The van der Waals surface area contributed by atoms with Crippen LogP contribution in [0, 0.1) is 19.8 Å². The minimum Gasteiger partial charge on any atom is -0.356 e. The fourth-order valence-corrected chi connectivity index (χ4v) is 5.58. The van der Waals surface area contributed by atoms with E-state index in [1.165, 1.54) is 0 Å². The van der Waals surface area contributed by atoms with E-state index < -0.39 is 0 Å². The summed E-state index contributed by atoms with van der Waals surface area (Å²) >= 11 is 6.44. The minimum atomic E-state index is -0.118. The van der Waals surface area contributed by atoms with Gasteiger partial charge in [-0.1, -0.05) is 11.6 Å². The van der Waals surface area contributed by atoms with E-state index in [4.69, 9.17) is 21.7 Å². The van der Waals surface area contributed by atoms with Crippen molar-refractivity contribution in [3.63, 3.8) is 0 Å². The Kier molecular flexibility index (Phi) is 6.06. The van der Waals surface area contributed by atoms with Crippen molar-refractivity contribution < 1.29 is 4.79 Å². The number of aromatic nitrogens is 5. The first-order valence-electron chi connectivity index (χ1n) is 11.9. The van der Waals surface area contributed by atoms with Crippen molar-refractivity contribution in [2.24, 2.45) is 18.0 Å². The van der Waals surface area contributed by atoms with E-state index in [0.717, 1.165) is 68.0 Å². The van der Waals surface area contributed by atoms with Crippen LogP contribution in [0.3, 0.4) is 0 Å². The van der Waals surface area contributed by atoms with Gasteiger partial charge in [-0.25, -0.2) is 9.50 Å². The third kappa shape index (κ3) is 3.96. The normalized spacial score (nSPS) is 20.9. The number of hydrogen-bond donors (Lipinski definition) is 0. The number of carbonyl (C=O) groups is 1. The molecule has 2 aliphatic rings. The van der Waals surface area contributed by atoms with E-state index in [1.807, 2.05) is 28.6 Å². The molecule has 2 saturated heterocycles. The predicted octanol–water partition coefficient (Wildman–Crippen LogP) is 3.63. The molecule has 2 atom stereocenters. The van der Waals surface area contributed by atoms with E-state index >= 15 is 0 Å². The molecule has 180 valence electrons. The summed E-state index contributed by atoms with van der Waals surface area (Å²) in [7, 11) is 1.76. The van der Waals surface area contributed by atoms with Crippen molar-refractivity contribution in [1.82, 2.24) is 29.3 Å². The number of likely N-dealkylation sites (tertiary alicyclic amines) is 1. The molecule has 3 aromatic heterocycles. The lowest BCUT2D eigenvalue weighted by atomic mass is 9.99. The summed E-state index contributed by atoms with van der Waals surface area (Å²) in [5.74, 6) is 1.43. The molecule has 5 heterocycles. The zero-order valence-electron chi connectivity index (χ0n) is 20.0. The van der Waals surface area contributed by atoms with Crippen LogP contribution in [0.2, 0.25) is 5.02 Å². The summed E-state index contributed by atoms with van der Waals surface area (Å²) in [5.41, 5.74) is 3.84. The number of halogens is 1. The number of hydrogen-bond acceptors (Lipinski definition) is 6.